The van der Waals surface area contributed by atoms with Crippen LogP contribution >= 0.6 is 15.9 Å². The molecule has 4 rings (SSSR count). The van der Waals surface area contributed by atoms with Crippen LogP contribution in [0.25, 0.3) is 22.2 Å². The van der Waals surface area contributed by atoms with Gasteiger partial charge < -0.3 is 5.11 Å². The van der Waals surface area contributed by atoms with Crippen molar-refractivity contribution in [2.75, 3.05) is 0 Å². The molecule has 0 bridgehead atoms. The number of aryl methyl sites for hydroxylation is 1. The summed E-state index contributed by atoms with van der Waals surface area (Å²) in [6, 6.07) is 15.2. The smallest absolute Gasteiger partial charge is 0.269 e. The molecule has 2 aromatic carbocycles. The number of rotatable bonds is 3. The van der Waals surface area contributed by atoms with E-state index in [-0.39, 0.29) is 10.6 Å². The van der Waals surface area contributed by atoms with Gasteiger partial charge in [-0.3, -0.25) is 0 Å². The lowest BCUT2D eigenvalue weighted by molar-refractivity contribution is 0.475. The van der Waals surface area contributed by atoms with Gasteiger partial charge in [-0.25, -0.2) is 17.4 Å². The summed E-state index contributed by atoms with van der Waals surface area (Å²) in [5.74, 6) is 0.147. The molecule has 5 nitrogen and oxygen atoms in total. The predicted octanol–water partition coefficient (Wildman–Crippen LogP) is 4.72. The summed E-state index contributed by atoms with van der Waals surface area (Å²) < 4.78 is 28.4. The zero-order valence-corrected chi connectivity index (χ0v) is 16.7. The highest BCUT2D eigenvalue weighted by molar-refractivity contribution is 9.10. The summed E-state index contributed by atoms with van der Waals surface area (Å²) in [5, 5.41) is 10.2. The molecule has 4 aromatic rings. The maximum absolute atomic E-state index is 13.2. The maximum Gasteiger partial charge on any atom is 0.269 e. The lowest BCUT2D eigenvalue weighted by Crippen LogP contribution is -2.12. The lowest BCUT2D eigenvalue weighted by atomic mass is 10.1. The largest absolute Gasteiger partial charge is 0.508 e. The molecule has 7 heteroatoms. The quantitative estimate of drug-likeness (QED) is 0.498. The van der Waals surface area contributed by atoms with E-state index in [0.29, 0.717) is 11.0 Å². The van der Waals surface area contributed by atoms with E-state index in [1.807, 2.05) is 13.0 Å². The molecular weight excluding hydrogens is 428 g/mol. The van der Waals surface area contributed by atoms with Gasteiger partial charge in [0.2, 0.25) is 0 Å². The van der Waals surface area contributed by atoms with Gasteiger partial charge in [0.05, 0.1) is 4.90 Å². The van der Waals surface area contributed by atoms with Gasteiger partial charge in [-0.15, -0.1) is 0 Å². The summed E-state index contributed by atoms with van der Waals surface area (Å²) in [4.78, 5) is 4.54. The number of aromatic nitrogens is 2. The van der Waals surface area contributed by atoms with Crippen molar-refractivity contribution in [1.29, 1.82) is 0 Å². The van der Waals surface area contributed by atoms with E-state index in [1.54, 1.807) is 60.9 Å². The van der Waals surface area contributed by atoms with Gasteiger partial charge in [-0.2, -0.15) is 0 Å². The topological polar surface area (TPSA) is 72.2 Å². The Kier molecular flexibility index (Phi) is 4.28. The number of hydrogen-bond donors (Lipinski definition) is 1. The Hall–Kier alpha value is -2.64. The summed E-state index contributed by atoms with van der Waals surface area (Å²) in [7, 11) is -3.80. The molecule has 0 aliphatic rings. The standard InChI is InChI=1S/C20H15BrN2O3S/c1-13-2-8-17(9-3-13)27(25,26)23-12-19(14-4-6-16(24)7-5-14)18-10-15(21)11-22-20(18)23/h2-12,24H,1H3. The predicted molar refractivity (Wildman–Crippen MR) is 108 cm³/mol. The van der Waals surface area contributed by atoms with Gasteiger partial charge in [-0.1, -0.05) is 29.8 Å². The van der Waals surface area contributed by atoms with E-state index in [2.05, 4.69) is 20.9 Å². The van der Waals surface area contributed by atoms with Crippen molar-refractivity contribution >= 4 is 37.0 Å². The number of aromatic hydroxyl groups is 1. The van der Waals surface area contributed by atoms with Crippen molar-refractivity contribution in [3.63, 3.8) is 0 Å². The molecule has 136 valence electrons. The van der Waals surface area contributed by atoms with Gasteiger partial charge in [0, 0.05) is 27.8 Å². The molecule has 0 saturated heterocycles. The molecule has 0 unspecified atom stereocenters. The zero-order valence-electron chi connectivity index (χ0n) is 14.3. The highest BCUT2D eigenvalue weighted by atomic mass is 79.9. The number of pyridine rings is 1. The number of phenols is 1. The van der Waals surface area contributed by atoms with E-state index >= 15 is 0 Å². The van der Waals surface area contributed by atoms with Crippen LogP contribution in [-0.2, 0) is 10.0 Å². The summed E-state index contributed by atoms with van der Waals surface area (Å²) >= 11 is 3.40. The second-order valence-corrected chi connectivity index (χ2v) is 8.96. The third-order valence-corrected chi connectivity index (χ3v) is 6.43. The molecule has 0 aliphatic heterocycles. The minimum atomic E-state index is -3.80. The van der Waals surface area contributed by atoms with Crippen LogP contribution in [0.5, 0.6) is 5.75 Å². The third-order valence-electron chi connectivity index (χ3n) is 4.33. The SMILES string of the molecule is Cc1ccc(S(=O)(=O)n2cc(-c3ccc(O)cc3)c3cc(Br)cnc32)cc1. The first-order valence-electron chi connectivity index (χ1n) is 8.14. The first kappa shape index (κ1) is 17.8. The minimum absolute atomic E-state index is 0.147. The minimum Gasteiger partial charge on any atom is -0.508 e. The van der Waals surface area contributed by atoms with Crippen molar-refractivity contribution < 1.29 is 13.5 Å². The van der Waals surface area contributed by atoms with Crippen LogP contribution in [0.4, 0.5) is 0 Å². The van der Waals surface area contributed by atoms with E-state index in [4.69, 9.17) is 0 Å². The van der Waals surface area contributed by atoms with Gasteiger partial charge in [0.1, 0.15) is 5.75 Å². The molecule has 27 heavy (non-hydrogen) atoms. The Morgan fingerprint density at radius 1 is 1.04 bits per heavy atom. The van der Waals surface area contributed by atoms with E-state index in [0.717, 1.165) is 21.2 Å². The van der Waals surface area contributed by atoms with E-state index < -0.39 is 10.0 Å². The van der Waals surface area contributed by atoms with Gasteiger partial charge >= 0.3 is 0 Å². The van der Waals surface area contributed by atoms with Crippen molar-refractivity contribution in [2.45, 2.75) is 11.8 Å². The highest BCUT2D eigenvalue weighted by Crippen LogP contribution is 2.34. The van der Waals surface area contributed by atoms with Crippen LogP contribution in [0.15, 0.2) is 76.4 Å². The van der Waals surface area contributed by atoms with Crippen LogP contribution in [0.2, 0.25) is 0 Å². The van der Waals surface area contributed by atoms with Crippen LogP contribution in [0.3, 0.4) is 0 Å². The second kappa shape index (κ2) is 6.51. The van der Waals surface area contributed by atoms with Crippen LogP contribution < -0.4 is 0 Å². The summed E-state index contributed by atoms with van der Waals surface area (Å²) in [6.07, 6.45) is 3.15. The number of benzene rings is 2. The van der Waals surface area contributed by atoms with E-state index in [1.165, 1.54) is 3.97 Å². The second-order valence-electron chi connectivity index (χ2n) is 6.23. The molecule has 0 fully saturated rings. The third kappa shape index (κ3) is 3.13. The Bertz CT molecular complexity index is 1250. The van der Waals surface area contributed by atoms with E-state index in [9.17, 15) is 13.5 Å². The van der Waals surface area contributed by atoms with Crippen LogP contribution in [0, 0.1) is 6.92 Å². The zero-order chi connectivity index (χ0) is 19.2. The molecule has 2 aromatic heterocycles. The van der Waals surface area contributed by atoms with Crippen molar-refractivity contribution in [3.8, 4) is 16.9 Å². The fourth-order valence-corrected chi connectivity index (χ4v) is 4.59. The molecule has 2 heterocycles. The summed E-state index contributed by atoms with van der Waals surface area (Å²) in [5.41, 5.74) is 2.84. The molecule has 0 spiro atoms. The number of phenolic OH excluding ortho intramolecular Hbond substituents is 1. The average molecular weight is 443 g/mol. The number of fused-ring (bicyclic) bond motifs is 1. The number of hydrogen-bond acceptors (Lipinski definition) is 4. The van der Waals surface area contributed by atoms with Gasteiger partial charge in [0.15, 0.2) is 5.65 Å². The Balaban J connectivity index is 1.99. The molecule has 0 atom stereocenters. The average Bonchev–Trinajstić information content (AvgIpc) is 3.02. The summed E-state index contributed by atoms with van der Waals surface area (Å²) in [6.45, 7) is 1.91. The molecule has 0 radical (unpaired) electrons. The monoisotopic (exact) mass is 442 g/mol. The number of halogens is 1. The Morgan fingerprint density at radius 2 is 1.70 bits per heavy atom. The first-order chi connectivity index (χ1) is 12.9. The van der Waals surface area contributed by atoms with Gasteiger partial charge in [-0.05, 0) is 58.7 Å². The Morgan fingerprint density at radius 3 is 2.37 bits per heavy atom. The fourth-order valence-electron chi connectivity index (χ4n) is 2.93. The number of nitrogens with zero attached hydrogens (tertiary/aromatic N) is 2. The van der Waals surface area contributed by atoms with Gasteiger partial charge in [0.25, 0.3) is 10.0 Å². The van der Waals surface area contributed by atoms with Crippen molar-refractivity contribution in [2.24, 2.45) is 0 Å². The van der Waals surface area contributed by atoms with Crippen molar-refractivity contribution in [3.05, 3.63) is 77.0 Å². The Labute approximate surface area is 165 Å². The maximum atomic E-state index is 13.2. The molecule has 0 aliphatic carbocycles. The normalized spacial score (nSPS) is 11.8. The van der Waals surface area contributed by atoms with Crippen LogP contribution in [-0.4, -0.2) is 22.5 Å². The molecule has 0 amide bonds. The molecular formula is C20H15BrN2O3S. The van der Waals surface area contributed by atoms with Crippen molar-refractivity contribution in [1.82, 2.24) is 8.96 Å². The fraction of sp³-hybridized carbons (Fsp3) is 0.0500. The first-order valence-corrected chi connectivity index (χ1v) is 10.4. The highest BCUT2D eigenvalue weighted by Gasteiger charge is 2.23. The van der Waals surface area contributed by atoms with Crippen LogP contribution in [0.1, 0.15) is 5.56 Å². The molecule has 1 N–H and O–H groups in total. The lowest BCUT2D eigenvalue weighted by Gasteiger charge is -2.07. The molecule has 0 saturated carbocycles.